The van der Waals surface area contributed by atoms with Crippen LogP contribution in [-0.2, 0) is 13.1 Å². The molecule has 0 spiro atoms. The Balaban J connectivity index is 1.76. The van der Waals surface area contributed by atoms with Gasteiger partial charge in [0.15, 0.2) is 5.82 Å². The summed E-state index contributed by atoms with van der Waals surface area (Å²) >= 11 is 0. The fraction of sp³-hybridized carbons (Fsp3) is 0.235. The highest BCUT2D eigenvalue weighted by Gasteiger charge is 2.33. The van der Waals surface area contributed by atoms with Gasteiger partial charge in [-0.15, -0.1) is 5.10 Å². The lowest BCUT2D eigenvalue weighted by Crippen LogP contribution is -2.39. The van der Waals surface area contributed by atoms with E-state index in [0.717, 1.165) is 18.2 Å². The summed E-state index contributed by atoms with van der Waals surface area (Å²) in [6.45, 7) is 1.09. The zero-order chi connectivity index (χ0) is 17.4. The van der Waals surface area contributed by atoms with E-state index in [4.69, 9.17) is 0 Å². The van der Waals surface area contributed by atoms with E-state index in [0.29, 0.717) is 24.5 Å². The molecule has 1 aliphatic heterocycles. The molecule has 0 amide bonds. The second-order valence-corrected chi connectivity index (χ2v) is 5.89. The van der Waals surface area contributed by atoms with Crippen LogP contribution in [0.1, 0.15) is 23.0 Å². The molecule has 0 bridgehead atoms. The van der Waals surface area contributed by atoms with Gasteiger partial charge in [0.1, 0.15) is 23.5 Å². The number of halogens is 3. The van der Waals surface area contributed by atoms with Crippen molar-refractivity contribution in [3.63, 3.8) is 0 Å². The van der Waals surface area contributed by atoms with Gasteiger partial charge in [-0.05, 0) is 34.7 Å². The van der Waals surface area contributed by atoms with Crippen molar-refractivity contribution < 1.29 is 13.2 Å². The van der Waals surface area contributed by atoms with Crippen LogP contribution in [0, 0.1) is 17.5 Å². The molecule has 0 N–H and O–H groups in total. The van der Waals surface area contributed by atoms with Gasteiger partial charge in [0.25, 0.3) is 0 Å². The van der Waals surface area contributed by atoms with E-state index in [1.807, 2.05) is 4.90 Å². The highest BCUT2D eigenvalue weighted by molar-refractivity contribution is 5.28. The summed E-state index contributed by atoms with van der Waals surface area (Å²) in [7, 11) is 0. The minimum absolute atomic E-state index is 0.120. The van der Waals surface area contributed by atoms with E-state index < -0.39 is 23.5 Å². The first-order valence-corrected chi connectivity index (χ1v) is 7.82. The van der Waals surface area contributed by atoms with Gasteiger partial charge in [0.2, 0.25) is 0 Å². The average molecular weight is 345 g/mol. The number of nitrogens with zero attached hydrogens (tertiary/aromatic N) is 5. The fourth-order valence-electron chi connectivity index (χ4n) is 3.17. The van der Waals surface area contributed by atoms with Crippen LogP contribution in [0.5, 0.6) is 0 Å². The molecule has 0 aliphatic carbocycles. The summed E-state index contributed by atoms with van der Waals surface area (Å²) < 4.78 is 43.5. The molecule has 128 valence electrons. The lowest BCUT2D eigenvalue weighted by atomic mass is 10.0. The zero-order valence-corrected chi connectivity index (χ0v) is 13.1. The number of hydrogen-bond acceptors (Lipinski definition) is 4. The standard InChI is InChI=1S/C17H14F3N5/c18-12-5-6-14(19)11(9-12)10-24-7-8-25-17(21-22-23-25)16(24)13-3-1-2-4-15(13)20/h1-6,9,16H,7-8,10H2. The molecule has 3 aromatic rings. The fourth-order valence-corrected chi connectivity index (χ4v) is 3.17. The predicted molar refractivity (Wildman–Crippen MR) is 82.8 cm³/mol. The molecule has 8 heteroatoms. The van der Waals surface area contributed by atoms with Gasteiger partial charge in [0, 0.05) is 24.2 Å². The SMILES string of the molecule is Fc1ccc(F)c(CN2CCn3nnnc3C2c2ccccc2F)c1. The van der Waals surface area contributed by atoms with Crippen LogP contribution in [0.2, 0.25) is 0 Å². The zero-order valence-electron chi connectivity index (χ0n) is 13.1. The van der Waals surface area contributed by atoms with Crippen molar-refractivity contribution in [2.75, 3.05) is 6.54 Å². The molecule has 2 heterocycles. The highest BCUT2D eigenvalue weighted by Crippen LogP contribution is 2.33. The third-order valence-electron chi connectivity index (χ3n) is 4.35. The lowest BCUT2D eigenvalue weighted by molar-refractivity contribution is 0.159. The van der Waals surface area contributed by atoms with E-state index >= 15 is 0 Å². The number of rotatable bonds is 3. The van der Waals surface area contributed by atoms with E-state index in [9.17, 15) is 13.2 Å². The molecule has 0 radical (unpaired) electrons. The Labute approximate surface area is 141 Å². The topological polar surface area (TPSA) is 46.8 Å². The molecule has 25 heavy (non-hydrogen) atoms. The first kappa shape index (κ1) is 15.8. The summed E-state index contributed by atoms with van der Waals surface area (Å²) in [4.78, 5) is 1.85. The van der Waals surface area contributed by atoms with Gasteiger partial charge in [-0.3, -0.25) is 4.90 Å². The normalized spacial score (nSPS) is 17.5. The summed E-state index contributed by atoms with van der Waals surface area (Å²) in [5.74, 6) is -0.929. The van der Waals surface area contributed by atoms with Crippen molar-refractivity contribution in [3.05, 3.63) is 76.9 Å². The third-order valence-corrected chi connectivity index (χ3v) is 4.35. The maximum atomic E-state index is 14.4. The van der Waals surface area contributed by atoms with Crippen LogP contribution >= 0.6 is 0 Å². The van der Waals surface area contributed by atoms with E-state index in [-0.39, 0.29) is 12.1 Å². The van der Waals surface area contributed by atoms with Gasteiger partial charge < -0.3 is 0 Å². The Bertz CT molecular complexity index is 911. The Hall–Kier alpha value is -2.74. The van der Waals surface area contributed by atoms with Crippen LogP contribution in [0.15, 0.2) is 42.5 Å². The Morgan fingerprint density at radius 3 is 2.68 bits per heavy atom. The molecule has 4 rings (SSSR count). The molecular formula is C17H14F3N5. The van der Waals surface area contributed by atoms with Crippen LogP contribution < -0.4 is 0 Å². The van der Waals surface area contributed by atoms with Gasteiger partial charge in [-0.2, -0.15) is 0 Å². The van der Waals surface area contributed by atoms with Crippen LogP contribution in [0.3, 0.4) is 0 Å². The Morgan fingerprint density at radius 1 is 1.00 bits per heavy atom. The number of tetrazole rings is 1. The molecule has 1 aromatic heterocycles. The lowest BCUT2D eigenvalue weighted by Gasteiger charge is -2.35. The predicted octanol–water partition coefficient (Wildman–Crippen LogP) is 2.70. The number of hydrogen-bond donors (Lipinski definition) is 0. The summed E-state index contributed by atoms with van der Waals surface area (Å²) in [5.41, 5.74) is 0.609. The van der Waals surface area contributed by atoms with E-state index in [1.165, 1.54) is 6.07 Å². The maximum absolute atomic E-state index is 14.4. The minimum atomic E-state index is -0.576. The summed E-state index contributed by atoms with van der Waals surface area (Å²) in [6, 6.07) is 9.08. The van der Waals surface area contributed by atoms with Crippen molar-refractivity contribution in [2.45, 2.75) is 19.1 Å². The number of aromatic nitrogens is 4. The Morgan fingerprint density at radius 2 is 1.84 bits per heavy atom. The third kappa shape index (κ3) is 2.89. The second-order valence-electron chi connectivity index (χ2n) is 5.89. The molecule has 0 saturated carbocycles. The van der Waals surface area contributed by atoms with E-state index in [1.54, 1.807) is 22.9 Å². The maximum Gasteiger partial charge on any atom is 0.173 e. The van der Waals surface area contributed by atoms with Gasteiger partial charge in [-0.1, -0.05) is 18.2 Å². The first-order valence-electron chi connectivity index (χ1n) is 7.82. The van der Waals surface area contributed by atoms with Crippen molar-refractivity contribution in [1.82, 2.24) is 25.1 Å². The quantitative estimate of drug-likeness (QED) is 0.732. The monoisotopic (exact) mass is 345 g/mol. The number of benzene rings is 2. The molecule has 1 aliphatic rings. The van der Waals surface area contributed by atoms with Crippen LogP contribution in [-0.4, -0.2) is 31.7 Å². The molecule has 1 unspecified atom stereocenters. The van der Waals surface area contributed by atoms with Gasteiger partial charge in [-0.25, -0.2) is 17.9 Å². The van der Waals surface area contributed by atoms with Crippen molar-refractivity contribution in [1.29, 1.82) is 0 Å². The summed E-state index contributed by atoms with van der Waals surface area (Å²) in [6.07, 6.45) is 0. The highest BCUT2D eigenvalue weighted by atomic mass is 19.1. The van der Waals surface area contributed by atoms with Crippen molar-refractivity contribution in [2.24, 2.45) is 0 Å². The van der Waals surface area contributed by atoms with Gasteiger partial charge in [0.05, 0.1) is 6.54 Å². The average Bonchev–Trinajstić information content (AvgIpc) is 3.07. The molecular weight excluding hydrogens is 331 g/mol. The van der Waals surface area contributed by atoms with Crippen LogP contribution in [0.25, 0.3) is 0 Å². The molecule has 0 saturated heterocycles. The van der Waals surface area contributed by atoms with Crippen molar-refractivity contribution >= 4 is 0 Å². The van der Waals surface area contributed by atoms with Gasteiger partial charge >= 0.3 is 0 Å². The molecule has 0 fully saturated rings. The number of fused-ring (bicyclic) bond motifs is 1. The Kier molecular flexibility index (Phi) is 3.96. The van der Waals surface area contributed by atoms with E-state index in [2.05, 4.69) is 15.5 Å². The smallest absolute Gasteiger partial charge is 0.173 e. The van der Waals surface area contributed by atoms with Crippen LogP contribution in [0.4, 0.5) is 13.2 Å². The first-order chi connectivity index (χ1) is 12.1. The largest absolute Gasteiger partial charge is 0.283 e. The van der Waals surface area contributed by atoms with Crippen molar-refractivity contribution in [3.8, 4) is 0 Å². The molecule has 1 atom stereocenters. The molecule has 2 aromatic carbocycles. The molecule has 5 nitrogen and oxygen atoms in total. The second kappa shape index (κ2) is 6.29. The minimum Gasteiger partial charge on any atom is -0.283 e. The summed E-state index contributed by atoms with van der Waals surface area (Å²) in [5, 5.41) is 11.6.